The van der Waals surface area contributed by atoms with Gasteiger partial charge >= 0.3 is 0 Å². The van der Waals surface area contributed by atoms with Crippen molar-refractivity contribution in [1.29, 1.82) is 0 Å². The first-order chi connectivity index (χ1) is 8.69. The quantitative estimate of drug-likeness (QED) is 0.809. The number of hydrogen-bond acceptors (Lipinski definition) is 3. The number of benzene rings is 2. The van der Waals surface area contributed by atoms with Crippen LogP contribution in [0.3, 0.4) is 0 Å². The molecule has 0 unspecified atom stereocenters. The van der Waals surface area contributed by atoms with E-state index < -0.39 is 0 Å². The molecule has 18 heavy (non-hydrogen) atoms. The summed E-state index contributed by atoms with van der Waals surface area (Å²) in [5, 5.41) is 3.34. The van der Waals surface area contributed by atoms with E-state index in [4.69, 9.17) is 10.5 Å². The van der Waals surface area contributed by atoms with Crippen LogP contribution in [0.1, 0.15) is 11.1 Å². The van der Waals surface area contributed by atoms with E-state index in [1.807, 2.05) is 30.3 Å². The number of hydrogen-bond donors (Lipinski definition) is 2. The maximum Gasteiger partial charge on any atom is 0.119 e. The summed E-state index contributed by atoms with van der Waals surface area (Å²) in [6, 6.07) is 14.0. The predicted molar refractivity (Wildman–Crippen MR) is 75.9 cm³/mol. The van der Waals surface area contributed by atoms with Crippen LogP contribution in [-0.2, 0) is 6.54 Å². The van der Waals surface area contributed by atoms with Gasteiger partial charge in [0.1, 0.15) is 5.75 Å². The Bertz CT molecular complexity index is 538. The molecule has 0 fully saturated rings. The second-order valence-electron chi connectivity index (χ2n) is 4.30. The van der Waals surface area contributed by atoms with Crippen molar-refractivity contribution in [3.05, 3.63) is 53.6 Å². The molecule has 3 heteroatoms. The first-order valence-corrected chi connectivity index (χ1v) is 5.92. The van der Waals surface area contributed by atoms with E-state index in [0.29, 0.717) is 0 Å². The lowest BCUT2D eigenvalue weighted by Crippen LogP contribution is -2.02. The van der Waals surface area contributed by atoms with E-state index in [2.05, 4.69) is 24.4 Å². The molecular formula is C15H18N2O. The Kier molecular flexibility index (Phi) is 3.72. The van der Waals surface area contributed by atoms with Gasteiger partial charge < -0.3 is 15.8 Å². The van der Waals surface area contributed by atoms with E-state index in [9.17, 15) is 0 Å². The molecule has 0 aliphatic carbocycles. The summed E-state index contributed by atoms with van der Waals surface area (Å²) in [5.41, 5.74) is 10.0. The molecule has 0 bridgehead atoms. The molecule has 0 aliphatic heterocycles. The van der Waals surface area contributed by atoms with Crippen LogP contribution in [0.15, 0.2) is 42.5 Å². The molecule has 0 saturated carbocycles. The SMILES string of the molecule is COc1cccc(CNc2cc(C)ccc2N)c1. The number of rotatable bonds is 4. The molecule has 3 N–H and O–H groups in total. The fraction of sp³-hybridized carbons (Fsp3) is 0.200. The van der Waals surface area contributed by atoms with Gasteiger partial charge in [-0.25, -0.2) is 0 Å². The Morgan fingerprint density at radius 1 is 1.17 bits per heavy atom. The largest absolute Gasteiger partial charge is 0.497 e. The van der Waals surface area contributed by atoms with E-state index in [-0.39, 0.29) is 0 Å². The van der Waals surface area contributed by atoms with Crippen molar-refractivity contribution >= 4 is 11.4 Å². The number of methoxy groups -OCH3 is 1. The summed E-state index contributed by atoms with van der Waals surface area (Å²) in [6.07, 6.45) is 0. The van der Waals surface area contributed by atoms with Crippen molar-refractivity contribution in [3.63, 3.8) is 0 Å². The highest BCUT2D eigenvalue weighted by Crippen LogP contribution is 2.21. The summed E-state index contributed by atoms with van der Waals surface area (Å²) >= 11 is 0. The van der Waals surface area contributed by atoms with Gasteiger partial charge in [0.15, 0.2) is 0 Å². The monoisotopic (exact) mass is 242 g/mol. The van der Waals surface area contributed by atoms with Gasteiger partial charge in [-0.2, -0.15) is 0 Å². The van der Waals surface area contributed by atoms with Crippen molar-refractivity contribution < 1.29 is 4.74 Å². The molecule has 0 radical (unpaired) electrons. The van der Waals surface area contributed by atoms with Gasteiger partial charge in [0.05, 0.1) is 18.5 Å². The summed E-state index contributed by atoms with van der Waals surface area (Å²) in [7, 11) is 1.67. The van der Waals surface area contributed by atoms with Crippen LogP contribution in [0.5, 0.6) is 5.75 Å². The standard InChI is InChI=1S/C15H18N2O/c1-11-6-7-14(16)15(8-11)17-10-12-4-3-5-13(9-12)18-2/h3-9,17H,10,16H2,1-2H3. The molecule has 2 aromatic carbocycles. The molecule has 0 aromatic heterocycles. The lowest BCUT2D eigenvalue weighted by Gasteiger charge is -2.11. The normalized spacial score (nSPS) is 10.1. The van der Waals surface area contributed by atoms with Crippen molar-refractivity contribution in [2.45, 2.75) is 13.5 Å². The minimum atomic E-state index is 0.727. The van der Waals surface area contributed by atoms with Gasteiger partial charge in [0.25, 0.3) is 0 Å². The van der Waals surface area contributed by atoms with Crippen LogP contribution in [0.2, 0.25) is 0 Å². The average molecular weight is 242 g/mol. The van der Waals surface area contributed by atoms with Crippen molar-refractivity contribution in [3.8, 4) is 5.75 Å². The molecule has 2 rings (SSSR count). The van der Waals surface area contributed by atoms with Crippen LogP contribution in [0.25, 0.3) is 0 Å². The van der Waals surface area contributed by atoms with Gasteiger partial charge in [-0.05, 0) is 42.3 Å². The first-order valence-electron chi connectivity index (χ1n) is 5.92. The van der Waals surface area contributed by atoms with Gasteiger partial charge in [-0.1, -0.05) is 18.2 Å². The lowest BCUT2D eigenvalue weighted by molar-refractivity contribution is 0.414. The molecule has 2 aromatic rings. The van der Waals surface area contributed by atoms with Gasteiger partial charge in [0.2, 0.25) is 0 Å². The third kappa shape index (κ3) is 2.94. The lowest BCUT2D eigenvalue weighted by atomic mass is 10.1. The van der Waals surface area contributed by atoms with E-state index in [1.54, 1.807) is 7.11 Å². The predicted octanol–water partition coefficient (Wildman–Crippen LogP) is 3.20. The Balaban J connectivity index is 2.08. The van der Waals surface area contributed by atoms with E-state index in [1.165, 1.54) is 5.56 Å². The summed E-state index contributed by atoms with van der Waals surface area (Å²) in [5.74, 6) is 0.867. The topological polar surface area (TPSA) is 47.3 Å². The molecule has 0 saturated heterocycles. The number of aryl methyl sites for hydroxylation is 1. The summed E-state index contributed by atoms with van der Waals surface area (Å²) in [6.45, 7) is 2.78. The van der Waals surface area contributed by atoms with Crippen LogP contribution >= 0.6 is 0 Å². The van der Waals surface area contributed by atoms with Crippen LogP contribution in [-0.4, -0.2) is 7.11 Å². The van der Waals surface area contributed by atoms with Crippen molar-refractivity contribution in [2.75, 3.05) is 18.2 Å². The van der Waals surface area contributed by atoms with Crippen molar-refractivity contribution in [2.24, 2.45) is 0 Å². The molecule has 0 heterocycles. The minimum absolute atomic E-state index is 0.727. The van der Waals surface area contributed by atoms with Crippen molar-refractivity contribution in [1.82, 2.24) is 0 Å². The van der Waals surface area contributed by atoms with Crippen LogP contribution < -0.4 is 15.8 Å². The van der Waals surface area contributed by atoms with Gasteiger partial charge in [-0.15, -0.1) is 0 Å². The summed E-state index contributed by atoms with van der Waals surface area (Å²) < 4.78 is 5.20. The zero-order valence-electron chi connectivity index (χ0n) is 10.7. The minimum Gasteiger partial charge on any atom is -0.497 e. The molecule has 0 amide bonds. The fourth-order valence-electron chi connectivity index (χ4n) is 1.80. The Hall–Kier alpha value is -2.16. The Labute approximate surface area is 108 Å². The smallest absolute Gasteiger partial charge is 0.119 e. The maximum atomic E-state index is 5.92. The fourth-order valence-corrected chi connectivity index (χ4v) is 1.80. The van der Waals surface area contributed by atoms with Gasteiger partial charge in [-0.3, -0.25) is 0 Å². The Morgan fingerprint density at radius 2 is 2.00 bits per heavy atom. The number of nitrogens with one attached hydrogen (secondary N) is 1. The molecule has 0 spiro atoms. The van der Waals surface area contributed by atoms with E-state index >= 15 is 0 Å². The number of ether oxygens (including phenoxy) is 1. The zero-order chi connectivity index (χ0) is 13.0. The number of nitrogen functional groups attached to an aromatic ring is 1. The number of anilines is 2. The highest BCUT2D eigenvalue weighted by Gasteiger charge is 2.00. The molecule has 0 atom stereocenters. The zero-order valence-corrected chi connectivity index (χ0v) is 10.7. The van der Waals surface area contributed by atoms with Crippen LogP contribution in [0.4, 0.5) is 11.4 Å². The van der Waals surface area contributed by atoms with Gasteiger partial charge in [0, 0.05) is 6.54 Å². The number of nitrogens with two attached hydrogens (primary N) is 1. The van der Waals surface area contributed by atoms with E-state index in [0.717, 1.165) is 29.2 Å². The van der Waals surface area contributed by atoms with Crippen LogP contribution in [0, 0.1) is 6.92 Å². The molecular weight excluding hydrogens is 224 g/mol. The molecule has 0 aliphatic rings. The average Bonchev–Trinajstić information content (AvgIpc) is 2.40. The second kappa shape index (κ2) is 5.45. The maximum absolute atomic E-state index is 5.92. The highest BCUT2D eigenvalue weighted by molar-refractivity contribution is 5.67. The first kappa shape index (κ1) is 12.3. The second-order valence-corrected chi connectivity index (χ2v) is 4.30. The third-order valence-electron chi connectivity index (χ3n) is 2.83. The Morgan fingerprint density at radius 3 is 2.78 bits per heavy atom. The molecule has 94 valence electrons. The molecule has 3 nitrogen and oxygen atoms in total. The highest BCUT2D eigenvalue weighted by atomic mass is 16.5. The summed E-state index contributed by atoms with van der Waals surface area (Å²) in [4.78, 5) is 0. The third-order valence-corrected chi connectivity index (χ3v) is 2.83.